The van der Waals surface area contributed by atoms with Gasteiger partial charge in [0.1, 0.15) is 5.82 Å². The van der Waals surface area contributed by atoms with E-state index in [1.165, 1.54) is 5.56 Å². The van der Waals surface area contributed by atoms with Gasteiger partial charge in [-0.25, -0.2) is 0 Å². The molecule has 140 valence electrons. The molecule has 7 heteroatoms. The van der Waals surface area contributed by atoms with E-state index in [1.54, 1.807) is 7.05 Å². The number of fused-ring (bicyclic) bond motifs is 1. The van der Waals surface area contributed by atoms with E-state index in [2.05, 4.69) is 50.3 Å². The van der Waals surface area contributed by atoms with Gasteiger partial charge in [0, 0.05) is 31.6 Å². The molecule has 2 heterocycles. The van der Waals surface area contributed by atoms with Crippen LogP contribution in [0.2, 0.25) is 5.02 Å². The van der Waals surface area contributed by atoms with Crippen LogP contribution in [0.4, 0.5) is 0 Å². The third-order valence-electron chi connectivity index (χ3n) is 4.63. The topological polar surface area (TPSA) is 67.1 Å². The number of aromatic nitrogens is 3. The normalized spacial score (nSPS) is 14.4. The Morgan fingerprint density at radius 3 is 2.92 bits per heavy atom. The van der Waals surface area contributed by atoms with Crippen molar-refractivity contribution in [3.63, 3.8) is 0 Å². The monoisotopic (exact) mass is 374 g/mol. The second-order valence-corrected chi connectivity index (χ2v) is 7.97. The van der Waals surface area contributed by atoms with E-state index in [-0.39, 0.29) is 5.41 Å². The highest BCUT2D eigenvalue weighted by molar-refractivity contribution is 6.30. The van der Waals surface area contributed by atoms with Crippen LogP contribution in [-0.2, 0) is 25.9 Å². The van der Waals surface area contributed by atoms with Crippen molar-refractivity contribution in [3.8, 4) is 0 Å². The standard InChI is InChI=1S/C19H27ClN6/c1-19(2,11-14-6-4-7-15(20)10-14)13-23-18(21-3)22-12-17-25-24-16-8-5-9-26(16)17/h4,6-7,10H,5,8-9,11-13H2,1-3H3,(H2,21,22,23). The zero-order valence-electron chi connectivity index (χ0n) is 15.7. The Balaban J connectivity index is 1.51. The Kier molecular flexibility index (Phi) is 5.81. The smallest absolute Gasteiger partial charge is 0.191 e. The molecule has 1 aromatic carbocycles. The van der Waals surface area contributed by atoms with Gasteiger partial charge in [-0.3, -0.25) is 4.99 Å². The van der Waals surface area contributed by atoms with Gasteiger partial charge in [-0.05, 0) is 36.0 Å². The largest absolute Gasteiger partial charge is 0.356 e. The quantitative estimate of drug-likeness (QED) is 0.602. The molecule has 1 aromatic heterocycles. The van der Waals surface area contributed by atoms with Crippen LogP contribution in [0.15, 0.2) is 29.3 Å². The molecule has 6 nitrogen and oxygen atoms in total. The van der Waals surface area contributed by atoms with Gasteiger partial charge in [-0.1, -0.05) is 37.6 Å². The van der Waals surface area contributed by atoms with Gasteiger partial charge in [-0.15, -0.1) is 10.2 Å². The minimum Gasteiger partial charge on any atom is -0.356 e. The summed E-state index contributed by atoms with van der Waals surface area (Å²) in [5.74, 6) is 2.84. The molecule has 0 fully saturated rings. The first-order valence-corrected chi connectivity index (χ1v) is 9.44. The Bertz CT molecular complexity index is 780. The molecule has 0 atom stereocenters. The van der Waals surface area contributed by atoms with Crippen LogP contribution in [0.1, 0.15) is 37.5 Å². The van der Waals surface area contributed by atoms with Gasteiger partial charge in [0.05, 0.1) is 6.54 Å². The van der Waals surface area contributed by atoms with Gasteiger partial charge >= 0.3 is 0 Å². The van der Waals surface area contributed by atoms with E-state index >= 15 is 0 Å². The molecule has 2 aromatic rings. The van der Waals surface area contributed by atoms with Crippen molar-refractivity contribution in [2.45, 2.75) is 46.2 Å². The van der Waals surface area contributed by atoms with Crippen LogP contribution in [0.5, 0.6) is 0 Å². The number of hydrogen-bond acceptors (Lipinski definition) is 3. The van der Waals surface area contributed by atoms with Crippen LogP contribution in [0.3, 0.4) is 0 Å². The summed E-state index contributed by atoms with van der Waals surface area (Å²) in [6.45, 7) is 6.91. The summed E-state index contributed by atoms with van der Waals surface area (Å²) in [5.41, 5.74) is 1.31. The van der Waals surface area contributed by atoms with Gasteiger partial charge in [0.25, 0.3) is 0 Å². The Morgan fingerprint density at radius 2 is 2.15 bits per heavy atom. The molecule has 0 spiro atoms. The van der Waals surface area contributed by atoms with Gasteiger partial charge in [0.15, 0.2) is 11.8 Å². The predicted octanol–water partition coefficient (Wildman–Crippen LogP) is 2.81. The second-order valence-electron chi connectivity index (χ2n) is 7.54. The number of nitrogens with zero attached hydrogens (tertiary/aromatic N) is 4. The molecule has 0 amide bonds. The van der Waals surface area contributed by atoms with E-state index in [0.717, 1.165) is 55.0 Å². The van der Waals surface area contributed by atoms with E-state index in [9.17, 15) is 0 Å². The van der Waals surface area contributed by atoms with Gasteiger partial charge < -0.3 is 15.2 Å². The Labute approximate surface area is 160 Å². The average molecular weight is 375 g/mol. The van der Waals surface area contributed by atoms with Gasteiger partial charge in [-0.2, -0.15) is 0 Å². The first-order chi connectivity index (χ1) is 12.5. The van der Waals surface area contributed by atoms with Crippen molar-refractivity contribution >= 4 is 17.6 Å². The molecule has 2 N–H and O–H groups in total. The number of hydrogen-bond donors (Lipinski definition) is 2. The number of aliphatic imine (C=N–C) groups is 1. The molecular formula is C19H27ClN6. The summed E-state index contributed by atoms with van der Waals surface area (Å²) < 4.78 is 2.20. The molecule has 3 rings (SSSR count). The Hall–Kier alpha value is -2.08. The molecular weight excluding hydrogens is 348 g/mol. The number of halogens is 1. The van der Waals surface area contributed by atoms with Crippen LogP contribution < -0.4 is 10.6 Å². The van der Waals surface area contributed by atoms with Crippen molar-refractivity contribution < 1.29 is 0 Å². The van der Waals surface area contributed by atoms with Crippen LogP contribution >= 0.6 is 11.6 Å². The van der Waals surface area contributed by atoms with E-state index < -0.39 is 0 Å². The molecule has 1 aliphatic heterocycles. The molecule has 0 aliphatic carbocycles. The molecule has 0 unspecified atom stereocenters. The highest BCUT2D eigenvalue weighted by atomic mass is 35.5. The summed E-state index contributed by atoms with van der Waals surface area (Å²) in [6, 6.07) is 8.05. The van der Waals surface area contributed by atoms with Crippen molar-refractivity contribution in [2.75, 3.05) is 13.6 Å². The molecule has 0 bridgehead atoms. The third-order valence-corrected chi connectivity index (χ3v) is 4.86. The highest BCUT2D eigenvalue weighted by Gasteiger charge is 2.20. The SMILES string of the molecule is CN=C(NCc1nnc2n1CCC2)NCC(C)(C)Cc1cccc(Cl)c1. The maximum atomic E-state index is 6.10. The first kappa shape index (κ1) is 18.7. The predicted molar refractivity (Wildman–Crippen MR) is 105 cm³/mol. The molecule has 26 heavy (non-hydrogen) atoms. The lowest BCUT2D eigenvalue weighted by Gasteiger charge is -2.26. The number of benzene rings is 1. The van der Waals surface area contributed by atoms with Crippen molar-refractivity contribution in [3.05, 3.63) is 46.5 Å². The summed E-state index contributed by atoms with van der Waals surface area (Å²) in [4.78, 5) is 4.32. The van der Waals surface area contributed by atoms with Crippen LogP contribution in [0, 0.1) is 5.41 Å². The highest BCUT2D eigenvalue weighted by Crippen LogP contribution is 2.22. The first-order valence-electron chi connectivity index (χ1n) is 9.07. The molecule has 0 saturated carbocycles. The summed E-state index contributed by atoms with van der Waals surface area (Å²) >= 11 is 6.10. The minimum absolute atomic E-state index is 0.0679. The lowest BCUT2D eigenvalue weighted by Crippen LogP contribution is -2.42. The number of nitrogens with one attached hydrogen (secondary N) is 2. The summed E-state index contributed by atoms with van der Waals surface area (Å²) in [7, 11) is 1.79. The zero-order chi connectivity index (χ0) is 18.6. The molecule has 0 saturated heterocycles. The fraction of sp³-hybridized carbons (Fsp3) is 0.526. The lowest BCUT2D eigenvalue weighted by atomic mass is 9.86. The second kappa shape index (κ2) is 8.08. The average Bonchev–Trinajstić information content (AvgIpc) is 3.19. The number of aryl methyl sites for hydroxylation is 1. The zero-order valence-corrected chi connectivity index (χ0v) is 16.5. The maximum Gasteiger partial charge on any atom is 0.191 e. The number of guanidine groups is 1. The van der Waals surface area contributed by atoms with Crippen molar-refractivity contribution in [1.29, 1.82) is 0 Å². The Morgan fingerprint density at radius 1 is 1.31 bits per heavy atom. The lowest BCUT2D eigenvalue weighted by molar-refractivity contribution is 0.359. The van der Waals surface area contributed by atoms with E-state index in [4.69, 9.17) is 11.6 Å². The summed E-state index contributed by atoms with van der Waals surface area (Å²) in [6.07, 6.45) is 3.12. The number of rotatable bonds is 6. The maximum absolute atomic E-state index is 6.10. The van der Waals surface area contributed by atoms with Crippen LogP contribution in [0.25, 0.3) is 0 Å². The third kappa shape index (κ3) is 4.75. The fourth-order valence-corrected chi connectivity index (χ4v) is 3.52. The van der Waals surface area contributed by atoms with Gasteiger partial charge in [0.2, 0.25) is 0 Å². The van der Waals surface area contributed by atoms with E-state index in [1.807, 2.05) is 18.2 Å². The van der Waals surface area contributed by atoms with Crippen molar-refractivity contribution in [2.24, 2.45) is 10.4 Å². The molecule has 0 radical (unpaired) electrons. The molecule has 1 aliphatic rings. The summed E-state index contributed by atoms with van der Waals surface area (Å²) in [5, 5.41) is 16.1. The van der Waals surface area contributed by atoms with Crippen molar-refractivity contribution in [1.82, 2.24) is 25.4 Å². The van der Waals surface area contributed by atoms with E-state index in [0.29, 0.717) is 6.54 Å². The minimum atomic E-state index is 0.0679. The van der Waals surface area contributed by atoms with Crippen LogP contribution in [-0.4, -0.2) is 34.3 Å². The fourth-order valence-electron chi connectivity index (χ4n) is 3.31.